The summed E-state index contributed by atoms with van der Waals surface area (Å²) in [6.45, 7) is 3.50. The highest BCUT2D eigenvalue weighted by atomic mass is 32.2. The first-order chi connectivity index (χ1) is 25.9. The Labute approximate surface area is 317 Å². The molecule has 3 heterocycles. The SMILES string of the molecule is COc1cc(-c2cncc(CN3CCC(N(Cc4cncc(-c5cc(OC)c(OC)c(OC)c5)c4)c4ccc(SC)cc4)CC3)c2)cc(OC)c1OC. The molecule has 1 aliphatic heterocycles. The van der Waals surface area contributed by atoms with Gasteiger partial charge in [-0.2, -0.15) is 0 Å². The van der Waals surface area contributed by atoms with Crippen LogP contribution >= 0.6 is 11.8 Å². The van der Waals surface area contributed by atoms with Crippen LogP contribution in [0.2, 0.25) is 0 Å². The lowest BCUT2D eigenvalue weighted by Crippen LogP contribution is -2.44. The van der Waals surface area contributed by atoms with Crippen molar-refractivity contribution in [2.45, 2.75) is 36.9 Å². The Morgan fingerprint density at radius 2 is 1.08 bits per heavy atom. The average molecular weight is 737 g/mol. The molecule has 1 saturated heterocycles. The maximum absolute atomic E-state index is 5.63. The molecule has 5 aromatic rings. The molecule has 0 atom stereocenters. The molecule has 0 bridgehead atoms. The van der Waals surface area contributed by atoms with Crippen molar-refractivity contribution in [3.8, 4) is 56.8 Å². The van der Waals surface area contributed by atoms with Crippen LogP contribution in [-0.2, 0) is 13.1 Å². The van der Waals surface area contributed by atoms with Crippen LogP contribution < -0.4 is 33.3 Å². The lowest BCUT2D eigenvalue weighted by molar-refractivity contribution is 0.200. The average Bonchev–Trinajstić information content (AvgIpc) is 3.22. The van der Waals surface area contributed by atoms with E-state index in [9.17, 15) is 0 Å². The molecule has 278 valence electrons. The van der Waals surface area contributed by atoms with Crippen LogP contribution in [0.15, 0.2) is 90.3 Å². The number of aromatic nitrogens is 2. The molecular weight excluding hydrogens is 689 g/mol. The molecular formula is C42H48N4O6S. The van der Waals surface area contributed by atoms with E-state index in [2.05, 4.69) is 62.4 Å². The molecule has 0 amide bonds. The summed E-state index contributed by atoms with van der Waals surface area (Å²) >= 11 is 1.75. The number of hydrogen-bond acceptors (Lipinski definition) is 11. The van der Waals surface area contributed by atoms with E-state index in [1.165, 1.54) is 10.6 Å². The second-order valence-corrected chi connectivity index (χ2v) is 13.7. The monoisotopic (exact) mass is 736 g/mol. The fraction of sp³-hybridized carbons (Fsp3) is 0.333. The minimum absolute atomic E-state index is 0.361. The number of rotatable bonds is 15. The second-order valence-electron chi connectivity index (χ2n) is 12.8. The molecule has 6 rings (SSSR count). The van der Waals surface area contributed by atoms with Gasteiger partial charge in [-0.3, -0.25) is 14.9 Å². The van der Waals surface area contributed by atoms with Gasteiger partial charge in [0.05, 0.1) is 42.7 Å². The number of ether oxygens (including phenoxy) is 6. The molecule has 0 aliphatic carbocycles. The van der Waals surface area contributed by atoms with Gasteiger partial charge in [-0.05, 0) is 102 Å². The van der Waals surface area contributed by atoms with Crippen molar-refractivity contribution >= 4 is 17.4 Å². The number of anilines is 1. The molecule has 1 aliphatic rings. The van der Waals surface area contributed by atoms with Gasteiger partial charge in [-0.15, -0.1) is 11.8 Å². The number of likely N-dealkylation sites (tertiary alicyclic amines) is 1. The number of hydrogen-bond donors (Lipinski definition) is 0. The van der Waals surface area contributed by atoms with E-state index in [0.29, 0.717) is 40.5 Å². The molecule has 53 heavy (non-hydrogen) atoms. The van der Waals surface area contributed by atoms with Gasteiger partial charge in [-0.1, -0.05) is 0 Å². The van der Waals surface area contributed by atoms with Crippen molar-refractivity contribution < 1.29 is 28.4 Å². The quantitative estimate of drug-likeness (QED) is 0.0974. The van der Waals surface area contributed by atoms with Crippen molar-refractivity contribution in [3.05, 3.63) is 96.6 Å². The third-order valence-electron chi connectivity index (χ3n) is 9.75. The predicted octanol–water partition coefficient (Wildman–Crippen LogP) is 8.26. The zero-order valence-electron chi connectivity index (χ0n) is 31.5. The van der Waals surface area contributed by atoms with E-state index in [-0.39, 0.29) is 0 Å². The molecule has 11 heteroatoms. The summed E-state index contributed by atoms with van der Waals surface area (Å²) in [6, 6.07) is 21.5. The van der Waals surface area contributed by atoms with E-state index in [1.807, 2.05) is 49.1 Å². The first kappa shape index (κ1) is 37.6. The van der Waals surface area contributed by atoms with Crippen LogP contribution in [0.4, 0.5) is 5.69 Å². The fourth-order valence-electron chi connectivity index (χ4n) is 7.01. The fourth-order valence-corrected chi connectivity index (χ4v) is 7.42. The lowest BCUT2D eigenvalue weighted by Gasteiger charge is -2.40. The van der Waals surface area contributed by atoms with Crippen LogP contribution in [0.3, 0.4) is 0 Å². The van der Waals surface area contributed by atoms with Crippen LogP contribution in [0.1, 0.15) is 24.0 Å². The topological polar surface area (TPSA) is 87.6 Å². The number of pyridine rings is 2. The summed E-state index contributed by atoms with van der Waals surface area (Å²) in [5.41, 5.74) is 7.38. The first-order valence-corrected chi connectivity index (χ1v) is 18.8. The highest BCUT2D eigenvalue weighted by molar-refractivity contribution is 7.98. The molecule has 0 N–H and O–H groups in total. The van der Waals surface area contributed by atoms with E-state index in [1.54, 1.807) is 54.4 Å². The summed E-state index contributed by atoms with van der Waals surface area (Å²) in [5.74, 6) is 3.59. The largest absolute Gasteiger partial charge is 0.493 e. The third-order valence-corrected chi connectivity index (χ3v) is 10.5. The Hall–Kier alpha value is -5.13. The number of thioether (sulfide) groups is 1. The third kappa shape index (κ3) is 8.58. The molecule has 0 radical (unpaired) electrons. The molecule has 1 fully saturated rings. The van der Waals surface area contributed by atoms with Gasteiger partial charge in [0.25, 0.3) is 0 Å². The number of benzene rings is 3. The summed E-state index contributed by atoms with van der Waals surface area (Å²) < 4.78 is 33.5. The second kappa shape index (κ2) is 17.6. The van der Waals surface area contributed by atoms with E-state index in [0.717, 1.165) is 72.4 Å². The van der Waals surface area contributed by atoms with Gasteiger partial charge >= 0.3 is 0 Å². The van der Waals surface area contributed by atoms with Crippen LogP contribution in [0, 0.1) is 0 Å². The summed E-state index contributed by atoms with van der Waals surface area (Å²) in [7, 11) is 9.75. The standard InChI is InChI=1S/C42H48N4O6S/c1-47-37-18-30(19-38(48-2)41(37)51-5)32-16-28(22-43-24-32)26-45-14-12-35(13-15-45)46(34-8-10-36(53-7)11-9-34)27-29-17-33(25-44-23-29)31-20-39(49-3)42(52-6)40(21-31)50-4/h8-11,16-25,35H,12-15,26-27H2,1-7H3. The van der Waals surface area contributed by atoms with Crippen molar-refractivity contribution in [1.82, 2.24) is 14.9 Å². The number of nitrogens with zero attached hydrogens (tertiary/aromatic N) is 4. The lowest BCUT2D eigenvalue weighted by atomic mass is 9.99. The van der Waals surface area contributed by atoms with Gasteiger partial charge in [0.15, 0.2) is 23.0 Å². The Balaban J connectivity index is 1.20. The molecule has 0 unspecified atom stereocenters. The predicted molar refractivity (Wildman–Crippen MR) is 211 cm³/mol. The van der Waals surface area contributed by atoms with Crippen LogP contribution in [0.5, 0.6) is 34.5 Å². The van der Waals surface area contributed by atoms with Gasteiger partial charge in [0, 0.05) is 78.7 Å². The maximum atomic E-state index is 5.63. The van der Waals surface area contributed by atoms with Crippen LogP contribution in [-0.4, -0.2) is 82.9 Å². The Morgan fingerprint density at radius 1 is 0.604 bits per heavy atom. The molecule has 10 nitrogen and oxygen atoms in total. The minimum atomic E-state index is 0.361. The van der Waals surface area contributed by atoms with Crippen molar-refractivity contribution in [2.24, 2.45) is 0 Å². The van der Waals surface area contributed by atoms with E-state index < -0.39 is 0 Å². The molecule has 0 spiro atoms. The smallest absolute Gasteiger partial charge is 0.203 e. The van der Waals surface area contributed by atoms with Crippen molar-refractivity contribution in [3.63, 3.8) is 0 Å². The highest BCUT2D eigenvalue weighted by Crippen LogP contribution is 2.42. The zero-order chi connectivity index (χ0) is 37.3. The number of methoxy groups -OCH3 is 6. The summed E-state index contributed by atoms with van der Waals surface area (Å²) in [6.07, 6.45) is 11.9. The van der Waals surface area contributed by atoms with E-state index in [4.69, 9.17) is 28.4 Å². The highest BCUT2D eigenvalue weighted by Gasteiger charge is 2.26. The normalized spacial score (nSPS) is 13.3. The van der Waals surface area contributed by atoms with Gasteiger partial charge in [0.2, 0.25) is 11.5 Å². The van der Waals surface area contributed by atoms with Gasteiger partial charge in [0.1, 0.15) is 0 Å². The Kier molecular flexibility index (Phi) is 12.5. The van der Waals surface area contributed by atoms with Crippen molar-refractivity contribution in [2.75, 3.05) is 66.9 Å². The molecule has 0 saturated carbocycles. The van der Waals surface area contributed by atoms with Crippen molar-refractivity contribution in [1.29, 1.82) is 0 Å². The molecule has 2 aromatic heterocycles. The zero-order valence-corrected chi connectivity index (χ0v) is 32.4. The minimum Gasteiger partial charge on any atom is -0.493 e. The summed E-state index contributed by atoms with van der Waals surface area (Å²) in [4.78, 5) is 15.6. The Bertz CT molecular complexity index is 1930. The van der Waals surface area contributed by atoms with Gasteiger partial charge in [-0.25, -0.2) is 0 Å². The molecule has 3 aromatic carbocycles. The van der Waals surface area contributed by atoms with Crippen LogP contribution in [0.25, 0.3) is 22.3 Å². The van der Waals surface area contributed by atoms with Gasteiger partial charge < -0.3 is 33.3 Å². The summed E-state index contributed by atoms with van der Waals surface area (Å²) in [5, 5.41) is 0. The maximum Gasteiger partial charge on any atom is 0.203 e. The Morgan fingerprint density at radius 3 is 1.53 bits per heavy atom. The first-order valence-electron chi connectivity index (χ1n) is 17.5. The van der Waals surface area contributed by atoms with E-state index >= 15 is 0 Å². The number of piperidine rings is 1.